The summed E-state index contributed by atoms with van der Waals surface area (Å²) in [5.74, 6) is 0. The molecule has 1 aromatic heterocycles. The van der Waals surface area contributed by atoms with Crippen LogP contribution in [0.5, 0.6) is 0 Å². The van der Waals surface area contributed by atoms with Gasteiger partial charge in [-0.1, -0.05) is 15.9 Å². The zero-order chi connectivity index (χ0) is 13.3. The Hall–Kier alpha value is -0.870. The van der Waals surface area contributed by atoms with Crippen LogP contribution in [-0.4, -0.2) is 4.98 Å². The SMILES string of the molecule is Cc1cc(NCc2nc(C)c(C)s2)cc(C)c1Br. The van der Waals surface area contributed by atoms with Gasteiger partial charge in [-0.25, -0.2) is 4.98 Å². The quantitative estimate of drug-likeness (QED) is 0.881. The first-order valence-electron chi connectivity index (χ1n) is 5.91. The second-order valence-corrected chi connectivity index (χ2v) is 6.61. The molecule has 1 N–H and O–H groups in total. The van der Waals surface area contributed by atoms with Crippen LogP contribution >= 0.6 is 27.3 Å². The summed E-state index contributed by atoms with van der Waals surface area (Å²) in [4.78, 5) is 5.84. The molecule has 0 saturated carbocycles. The summed E-state index contributed by atoms with van der Waals surface area (Å²) in [5.41, 5.74) is 4.80. The molecular formula is C14H17BrN2S. The van der Waals surface area contributed by atoms with Gasteiger partial charge in [-0.2, -0.15) is 0 Å². The van der Waals surface area contributed by atoms with Gasteiger partial charge in [0.25, 0.3) is 0 Å². The van der Waals surface area contributed by atoms with E-state index < -0.39 is 0 Å². The third kappa shape index (κ3) is 2.93. The molecule has 0 unspecified atom stereocenters. The van der Waals surface area contributed by atoms with Crippen molar-refractivity contribution in [2.45, 2.75) is 34.2 Å². The van der Waals surface area contributed by atoms with Crippen LogP contribution in [0.1, 0.15) is 26.7 Å². The maximum absolute atomic E-state index is 4.53. The molecule has 0 fully saturated rings. The van der Waals surface area contributed by atoms with Gasteiger partial charge in [0.05, 0.1) is 12.2 Å². The van der Waals surface area contributed by atoms with Gasteiger partial charge in [0.1, 0.15) is 5.01 Å². The zero-order valence-electron chi connectivity index (χ0n) is 11.1. The largest absolute Gasteiger partial charge is 0.379 e. The van der Waals surface area contributed by atoms with E-state index in [9.17, 15) is 0 Å². The first kappa shape index (κ1) is 13.6. The molecule has 0 aliphatic rings. The Morgan fingerprint density at radius 3 is 2.28 bits per heavy atom. The number of hydrogen-bond donors (Lipinski definition) is 1. The van der Waals surface area contributed by atoms with E-state index in [1.807, 2.05) is 0 Å². The maximum Gasteiger partial charge on any atom is 0.112 e. The Kier molecular flexibility index (Phi) is 4.07. The Morgan fingerprint density at radius 2 is 1.78 bits per heavy atom. The number of hydrogen-bond acceptors (Lipinski definition) is 3. The fourth-order valence-corrected chi connectivity index (χ4v) is 2.94. The monoisotopic (exact) mass is 324 g/mol. The van der Waals surface area contributed by atoms with Gasteiger partial charge in [-0.05, 0) is 51.0 Å². The van der Waals surface area contributed by atoms with Crippen molar-refractivity contribution >= 4 is 33.0 Å². The van der Waals surface area contributed by atoms with Gasteiger partial charge in [0.15, 0.2) is 0 Å². The van der Waals surface area contributed by atoms with Crippen LogP contribution in [0, 0.1) is 27.7 Å². The lowest BCUT2D eigenvalue weighted by Gasteiger charge is -2.09. The highest BCUT2D eigenvalue weighted by Crippen LogP contribution is 2.25. The number of nitrogens with one attached hydrogen (secondary N) is 1. The second-order valence-electron chi connectivity index (χ2n) is 4.53. The highest BCUT2D eigenvalue weighted by atomic mass is 79.9. The molecule has 0 radical (unpaired) electrons. The van der Waals surface area contributed by atoms with E-state index in [0.717, 1.165) is 22.9 Å². The van der Waals surface area contributed by atoms with E-state index in [-0.39, 0.29) is 0 Å². The number of thiazole rings is 1. The van der Waals surface area contributed by atoms with E-state index >= 15 is 0 Å². The third-order valence-electron chi connectivity index (χ3n) is 2.95. The van der Waals surface area contributed by atoms with Crippen molar-refractivity contribution in [2.75, 3.05) is 5.32 Å². The van der Waals surface area contributed by atoms with Crippen molar-refractivity contribution < 1.29 is 0 Å². The van der Waals surface area contributed by atoms with Gasteiger partial charge in [0.2, 0.25) is 0 Å². The first-order valence-corrected chi connectivity index (χ1v) is 7.52. The van der Waals surface area contributed by atoms with Crippen LogP contribution < -0.4 is 5.32 Å². The molecule has 18 heavy (non-hydrogen) atoms. The molecule has 0 aliphatic carbocycles. The van der Waals surface area contributed by atoms with Gasteiger partial charge < -0.3 is 5.32 Å². The Labute approximate surface area is 121 Å². The van der Waals surface area contributed by atoms with Crippen molar-refractivity contribution in [2.24, 2.45) is 0 Å². The van der Waals surface area contributed by atoms with E-state index in [2.05, 4.69) is 66.1 Å². The normalized spacial score (nSPS) is 10.7. The van der Waals surface area contributed by atoms with E-state index in [4.69, 9.17) is 0 Å². The maximum atomic E-state index is 4.53. The molecule has 2 nitrogen and oxygen atoms in total. The van der Waals surface area contributed by atoms with Crippen LogP contribution in [0.3, 0.4) is 0 Å². The standard InChI is InChI=1S/C14H17BrN2S/c1-8-5-12(6-9(2)14(8)15)16-7-13-17-10(3)11(4)18-13/h5-6,16H,7H2,1-4H3. The van der Waals surface area contributed by atoms with Gasteiger partial charge in [-0.3, -0.25) is 0 Å². The van der Waals surface area contributed by atoms with Crippen molar-refractivity contribution in [3.8, 4) is 0 Å². The van der Waals surface area contributed by atoms with Crippen molar-refractivity contribution in [1.82, 2.24) is 4.98 Å². The van der Waals surface area contributed by atoms with Crippen LogP contribution in [0.25, 0.3) is 0 Å². The highest BCUT2D eigenvalue weighted by Gasteiger charge is 2.05. The second kappa shape index (κ2) is 5.41. The van der Waals surface area contributed by atoms with Crippen LogP contribution in [0.2, 0.25) is 0 Å². The Morgan fingerprint density at radius 1 is 1.17 bits per heavy atom. The third-order valence-corrected chi connectivity index (χ3v) is 5.28. The minimum absolute atomic E-state index is 0.792. The number of halogens is 1. The topological polar surface area (TPSA) is 24.9 Å². The smallest absolute Gasteiger partial charge is 0.112 e. The molecule has 0 spiro atoms. The lowest BCUT2D eigenvalue weighted by atomic mass is 10.1. The van der Waals surface area contributed by atoms with Gasteiger partial charge >= 0.3 is 0 Å². The number of benzene rings is 1. The molecule has 4 heteroatoms. The molecule has 2 aromatic rings. The predicted molar refractivity (Wildman–Crippen MR) is 82.5 cm³/mol. The van der Waals surface area contributed by atoms with E-state index in [1.165, 1.54) is 20.5 Å². The molecule has 0 amide bonds. The van der Waals surface area contributed by atoms with Crippen LogP contribution in [0.15, 0.2) is 16.6 Å². The average Bonchev–Trinajstić information content (AvgIpc) is 2.63. The van der Waals surface area contributed by atoms with Crippen molar-refractivity contribution in [3.63, 3.8) is 0 Å². The van der Waals surface area contributed by atoms with Crippen LogP contribution in [-0.2, 0) is 6.54 Å². The van der Waals surface area contributed by atoms with Gasteiger partial charge in [-0.15, -0.1) is 11.3 Å². The Balaban J connectivity index is 2.11. The van der Waals surface area contributed by atoms with E-state index in [0.29, 0.717) is 0 Å². The predicted octanol–water partition coefficient (Wildman–Crippen LogP) is 4.75. The number of aromatic nitrogens is 1. The number of aryl methyl sites for hydroxylation is 4. The summed E-state index contributed by atoms with van der Waals surface area (Å²) in [5, 5.41) is 4.58. The summed E-state index contributed by atoms with van der Waals surface area (Å²) in [7, 11) is 0. The number of nitrogens with zero attached hydrogens (tertiary/aromatic N) is 1. The summed E-state index contributed by atoms with van der Waals surface area (Å²) in [6, 6.07) is 4.31. The molecule has 1 aromatic carbocycles. The molecule has 2 rings (SSSR count). The average molecular weight is 325 g/mol. The summed E-state index contributed by atoms with van der Waals surface area (Å²) in [6.07, 6.45) is 0. The van der Waals surface area contributed by atoms with Crippen molar-refractivity contribution in [1.29, 1.82) is 0 Å². The highest BCUT2D eigenvalue weighted by molar-refractivity contribution is 9.10. The molecule has 0 atom stereocenters. The minimum atomic E-state index is 0.792. The zero-order valence-corrected chi connectivity index (χ0v) is 13.5. The fraction of sp³-hybridized carbons (Fsp3) is 0.357. The minimum Gasteiger partial charge on any atom is -0.379 e. The molecule has 1 heterocycles. The molecule has 0 bridgehead atoms. The van der Waals surface area contributed by atoms with E-state index in [1.54, 1.807) is 11.3 Å². The molecule has 0 aliphatic heterocycles. The lowest BCUT2D eigenvalue weighted by molar-refractivity contribution is 1.07. The Bertz CT molecular complexity index is 533. The fourth-order valence-electron chi connectivity index (χ4n) is 1.84. The first-order chi connectivity index (χ1) is 8.47. The molecule has 0 saturated heterocycles. The van der Waals surface area contributed by atoms with Crippen LogP contribution in [0.4, 0.5) is 5.69 Å². The summed E-state index contributed by atoms with van der Waals surface area (Å²) >= 11 is 5.35. The van der Waals surface area contributed by atoms with Crippen molar-refractivity contribution in [3.05, 3.63) is 43.3 Å². The lowest BCUT2D eigenvalue weighted by Crippen LogP contribution is -2.00. The van der Waals surface area contributed by atoms with Gasteiger partial charge in [0, 0.05) is 15.0 Å². The number of rotatable bonds is 3. The molecule has 96 valence electrons. The summed E-state index contributed by atoms with van der Waals surface area (Å²) in [6.45, 7) is 9.19. The summed E-state index contributed by atoms with van der Waals surface area (Å²) < 4.78 is 1.19. The molecular weight excluding hydrogens is 308 g/mol. The number of anilines is 1.